The summed E-state index contributed by atoms with van der Waals surface area (Å²) in [6.07, 6.45) is 3.64. The number of anilines is 1. The molecule has 0 aliphatic carbocycles. The summed E-state index contributed by atoms with van der Waals surface area (Å²) >= 11 is 0. The molecular weight excluding hydrogens is 253 g/mol. The summed E-state index contributed by atoms with van der Waals surface area (Å²) in [4.78, 5) is 4.74. The minimum atomic E-state index is -0.336. The standard InChI is InChI=1S/C16H20FN3/c1-19-7-2-3-12-11-20(8-6-15(12)19)16-5-4-14(17)9-13(16)10-18/h4-5,9,12,15H,2-3,6-8,11H2,1H3. The van der Waals surface area contributed by atoms with E-state index < -0.39 is 0 Å². The highest BCUT2D eigenvalue weighted by atomic mass is 19.1. The van der Waals surface area contributed by atoms with Crippen molar-refractivity contribution in [1.82, 2.24) is 4.90 Å². The number of rotatable bonds is 1. The Balaban J connectivity index is 1.81. The van der Waals surface area contributed by atoms with E-state index in [2.05, 4.69) is 22.9 Å². The van der Waals surface area contributed by atoms with Crippen LogP contribution in [0.2, 0.25) is 0 Å². The fourth-order valence-electron chi connectivity index (χ4n) is 3.74. The summed E-state index contributed by atoms with van der Waals surface area (Å²) in [5.41, 5.74) is 1.34. The summed E-state index contributed by atoms with van der Waals surface area (Å²) in [5, 5.41) is 9.20. The van der Waals surface area contributed by atoms with Crippen LogP contribution in [0.4, 0.5) is 10.1 Å². The minimum absolute atomic E-state index is 0.336. The average Bonchev–Trinajstić information content (AvgIpc) is 2.47. The third-order valence-electron chi connectivity index (χ3n) is 4.77. The van der Waals surface area contributed by atoms with Gasteiger partial charge in [0.2, 0.25) is 0 Å². The molecule has 2 saturated heterocycles. The Labute approximate surface area is 119 Å². The van der Waals surface area contributed by atoms with E-state index in [0.717, 1.165) is 25.2 Å². The van der Waals surface area contributed by atoms with Gasteiger partial charge >= 0.3 is 0 Å². The molecule has 0 spiro atoms. The van der Waals surface area contributed by atoms with Gasteiger partial charge in [-0.2, -0.15) is 5.26 Å². The van der Waals surface area contributed by atoms with Gasteiger partial charge in [0.15, 0.2) is 0 Å². The Hall–Kier alpha value is -1.60. The molecule has 0 aromatic heterocycles. The SMILES string of the molecule is CN1CCCC2CN(c3ccc(F)cc3C#N)CCC21. The van der Waals surface area contributed by atoms with Gasteiger partial charge in [-0.05, 0) is 57.0 Å². The number of benzene rings is 1. The highest BCUT2D eigenvalue weighted by Crippen LogP contribution is 2.33. The molecule has 3 rings (SSSR count). The molecule has 1 aromatic rings. The Bertz CT molecular complexity index is 537. The van der Waals surface area contributed by atoms with E-state index in [9.17, 15) is 9.65 Å². The van der Waals surface area contributed by atoms with Gasteiger partial charge in [0.05, 0.1) is 11.3 Å². The lowest BCUT2D eigenvalue weighted by molar-refractivity contribution is 0.102. The predicted octanol–water partition coefficient (Wildman–Crippen LogP) is 2.62. The summed E-state index contributed by atoms with van der Waals surface area (Å²) in [6, 6.07) is 7.34. The zero-order valence-corrected chi connectivity index (χ0v) is 11.8. The first-order chi connectivity index (χ1) is 9.69. The fraction of sp³-hybridized carbons (Fsp3) is 0.562. The van der Waals surface area contributed by atoms with Crippen molar-refractivity contribution < 1.29 is 4.39 Å². The number of halogens is 1. The molecule has 2 heterocycles. The molecule has 2 fully saturated rings. The first-order valence-corrected chi connectivity index (χ1v) is 7.34. The summed E-state index contributed by atoms with van der Waals surface area (Å²) in [6.45, 7) is 3.13. The van der Waals surface area contributed by atoms with E-state index in [0.29, 0.717) is 17.5 Å². The van der Waals surface area contributed by atoms with Crippen molar-refractivity contribution >= 4 is 5.69 Å². The number of nitriles is 1. The highest BCUT2D eigenvalue weighted by Gasteiger charge is 2.34. The van der Waals surface area contributed by atoms with Crippen molar-refractivity contribution in [3.05, 3.63) is 29.6 Å². The maximum absolute atomic E-state index is 13.2. The molecule has 4 heteroatoms. The van der Waals surface area contributed by atoms with Gasteiger partial charge < -0.3 is 9.80 Å². The Kier molecular flexibility index (Phi) is 3.62. The molecule has 2 unspecified atom stereocenters. The lowest BCUT2D eigenvalue weighted by Crippen LogP contribution is -2.52. The number of fused-ring (bicyclic) bond motifs is 1. The number of piperidine rings is 2. The Morgan fingerprint density at radius 1 is 1.30 bits per heavy atom. The second-order valence-corrected chi connectivity index (χ2v) is 5.96. The van der Waals surface area contributed by atoms with Crippen LogP contribution in [0.3, 0.4) is 0 Å². The van der Waals surface area contributed by atoms with Crippen molar-refractivity contribution in [3.8, 4) is 6.07 Å². The number of hydrogen-bond donors (Lipinski definition) is 0. The highest BCUT2D eigenvalue weighted by molar-refractivity contribution is 5.59. The van der Waals surface area contributed by atoms with Gasteiger partial charge in [-0.15, -0.1) is 0 Å². The van der Waals surface area contributed by atoms with E-state index >= 15 is 0 Å². The molecule has 0 radical (unpaired) electrons. The third-order valence-corrected chi connectivity index (χ3v) is 4.77. The molecule has 1 aromatic carbocycles. The number of likely N-dealkylation sites (tertiary alicyclic amines) is 1. The van der Waals surface area contributed by atoms with Crippen LogP contribution in [0.1, 0.15) is 24.8 Å². The van der Waals surface area contributed by atoms with Gasteiger partial charge in [-0.3, -0.25) is 0 Å². The molecule has 3 nitrogen and oxygen atoms in total. The van der Waals surface area contributed by atoms with Gasteiger partial charge in [-0.25, -0.2) is 4.39 Å². The smallest absolute Gasteiger partial charge is 0.124 e. The summed E-state index contributed by atoms with van der Waals surface area (Å²) < 4.78 is 13.2. The molecule has 2 aliphatic rings. The first kappa shape index (κ1) is 13.4. The molecule has 106 valence electrons. The average molecular weight is 273 g/mol. The van der Waals surface area contributed by atoms with Crippen LogP contribution in [0, 0.1) is 23.1 Å². The van der Waals surface area contributed by atoms with Crippen molar-refractivity contribution in [3.63, 3.8) is 0 Å². The topological polar surface area (TPSA) is 30.3 Å². The van der Waals surface area contributed by atoms with Crippen molar-refractivity contribution in [2.75, 3.05) is 31.6 Å². The third kappa shape index (κ3) is 2.38. The quantitative estimate of drug-likeness (QED) is 0.788. The summed E-state index contributed by atoms with van der Waals surface area (Å²) in [5.74, 6) is 0.330. The maximum atomic E-state index is 13.2. The van der Waals surface area contributed by atoms with Crippen LogP contribution >= 0.6 is 0 Å². The van der Waals surface area contributed by atoms with Crippen molar-refractivity contribution in [2.45, 2.75) is 25.3 Å². The molecule has 0 amide bonds. The second kappa shape index (κ2) is 5.41. The van der Waals surface area contributed by atoms with Gasteiger partial charge in [0, 0.05) is 19.1 Å². The van der Waals surface area contributed by atoms with Crippen LogP contribution in [0.15, 0.2) is 18.2 Å². The van der Waals surface area contributed by atoms with Crippen molar-refractivity contribution in [2.24, 2.45) is 5.92 Å². The van der Waals surface area contributed by atoms with Gasteiger partial charge in [0.1, 0.15) is 11.9 Å². The van der Waals surface area contributed by atoms with Crippen LogP contribution in [-0.2, 0) is 0 Å². The van der Waals surface area contributed by atoms with E-state index in [1.165, 1.54) is 31.5 Å². The van der Waals surface area contributed by atoms with Crippen LogP contribution in [-0.4, -0.2) is 37.6 Å². The van der Waals surface area contributed by atoms with E-state index in [1.807, 2.05) is 0 Å². The first-order valence-electron chi connectivity index (χ1n) is 7.34. The van der Waals surface area contributed by atoms with Crippen LogP contribution in [0.25, 0.3) is 0 Å². The predicted molar refractivity (Wildman–Crippen MR) is 77.1 cm³/mol. The number of nitrogens with zero attached hydrogens (tertiary/aromatic N) is 3. The zero-order chi connectivity index (χ0) is 14.1. The molecular formula is C16H20FN3. The minimum Gasteiger partial charge on any atom is -0.370 e. The van der Waals surface area contributed by atoms with Gasteiger partial charge in [-0.1, -0.05) is 0 Å². The van der Waals surface area contributed by atoms with Crippen LogP contribution in [0.5, 0.6) is 0 Å². The lowest BCUT2D eigenvalue weighted by Gasteiger charge is -2.46. The van der Waals surface area contributed by atoms with E-state index in [4.69, 9.17) is 0 Å². The molecule has 20 heavy (non-hydrogen) atoms. The van der Waals surface area contributed by atoms with Gasteiger partial charge in [0.25, 0.3) is 0 Å². The molecule has 0 saturated carbocycles. The molecule has 0 bridgehead atoms. The fourth-order valence-corrected chi connectivity index (χ4v) is 3.74. The van der Waals surface area contributed by atoms with Crippen molar-refractivity contribution in [1.29, 1.82) is 5.26 Å². The molecule has 2 aliphatic heterocycles. The Morgan fingerprint density at radius 2 is 2.15 bits per heavy atom. The number of hydrogen-bond acceptors (Lipinski definition) is 3. The monoisotopic (exact) mass is 273 g/mol. The normalized spacial score (nSPS) is 26.9. The van der Waals surface area contributed by atoms with E-state index in [-0.39, 0.29) is 5.82 Å². The largest absolute Gasteiger partial charge is 0.370 e. The molecule has 2 atom stereocenters. The second-order valence-electron chi connectivity index (χ2n) is 5.96. The summed E-state index contributed by atoms with van der Waals surface area (Å²) in [7, 11) is 2.21. The van der Waals surface area contributed by atoms with Crippen LogP contribution < -0.4 is 4.90 Å². The zero-order valence-electron chi connectivity index (χ0n) is 11.8. The Morgan fingerprint density at radius 3 is 2.95 bits per heavy atom. The maximum Gasteiger partial charge on any atom is 0.124 e. The van der Waals surface area contributed by atoms with E-state index in [1.54, 1.807) is 6.07 Å². The lowest BCUT2D eigenvalue weighted by atomic mass is 9.84. The molecule has 0 N–H and O–H groups in total.